The quantitative estimate of drug-likeness (QED) is 0.425. The molecule has 0 bridgehead atoms. The van der Waals surface area contributed by atoms with E-state index in [0.29, 0.717) is 11.7 Å². The monoisotopic (exact) mass is 453 g/mol. The van der Waals surface area contributed by atoms with Crippen LogP contribution in [0.1, 0.15) is 35.1 Å². The summed E-state index contributed by atoms with van der Waals surface area (Å²) in [6, 6.07) is 3.84. The summed E-state index contributed by atoms with van der Waals surface area (Å²) in [5.74, 6) is 0.981. The van der Waals surface area contributed by atoms with Crippen LogP contribution < -0.4 is 5.32 Å². The van der Waals surface area contributed by atoms with Crippen LogP contribution >= 0.6 is 0 Å². The van der Waals surface area contributed by atoms with Gasteiger partial charge in [0, 0.05) is 34.8 Å². The van der Waals surface area contributed by atoms with E-state index in [-0.39, 0.29) is 22.8 Å². The first-order chi connectivity index (χ1) is 16.3. The van der Waals surface area contributed by atoms with Crippen molar-refractivity contribution in [3.8, 4) is 11.1 Å². The first kappa shape index (κ1) is 22.4. The van der Waals surface area contributed by atoms with Gasteiger partial charge in [-0.3, -0.25) is 14.5 Å². The molecule has 4 aromatic rings. The molecule has 4 aromatic heterocycles. The van der Waals surface area contributed by atoms with Crippen molar-refractivity contribution in [1.29, 1.82) is 0 Å². The summed E-state index contributed by atoms with van der Waals surface area (Å²) in [5, 5.41) is 8.08. The van der Waals surface area contributed by atoms with Crippen LogP contribution in [0.5, 0.6) is 0 Å². The topological polar surface area (TPSA) is 102 Å². The van der Waals surface area contributed by atoms with Crippen LogP contribution in [0.2, 0.25) is 0 Å². The SMILES string of the molecule is BC(B)(B)n1cc(-c2cnc3cnc(NC(=O)c4coc(C5CCN(C)CC5)n4)cc3c2)cn1. The fourth-order valence-corrected chi connectivity index (χ4v) is 4.11. The Labute approximate surface area is 200 Å². The summed E-state index contributed by atoms with van der Waals surface area (Å²) >= 11 is 0. The number of hydrogen-bond donors (Lipinski definition) is 1. The summed E-state index contributed by atoms with van der Waals surface area (Å²) in [4.78, 5) is 28.4. The maximum absolute atomic E-state index is 12.8. The lowest BCUT2D eigenvalue weighted by Crippen LogP contribution is -2.35. The Morgan fingerprint density at radius 1 is 1.12 bits per heavy atom. The van der Waals surface area contributed by atoms with E-state index in [9.17, 15) is 4.79 Å². The van der Waals surface area contributed by atoms with Crippen molar-refractivity contribution in [2.75, 3.05) is 25.5 Å². The Balaban J connectivity index is 1.33. The molecule has 5 rings (SSSR count). The minimum atomic E-state index is -0.342. The standard InChI is InChI=1S/C22H26B3N7O2/c1-31-4-2-13(3-5-31)21-29-18(12-34-21)20(33)30-19-7-14-6-15(8-26-17(14)10-27-19)16-9-28-32(11-16)22(23,24)25/h6-13H,2-5,23-25H2,1H3,(H,27,30,33). The molecule has 0 spiro atoms. The molecule has 1 fully saturated rings. The fourth-order valence-electron chi connectivity index (χ4n) is 4.11. The van der Waals surface area contributed by atoms with Crippen LogP contribution in [0.25, 0.3) is 22.0 Å². The number of nitrogens with zero attached hydrogens (tertiary/aromatic N) is 6. The summed E-state index contributed by atoms with van der Waals surface area (Å²) in [5.41, 5.74) is 2.94. The molecule has 1 aliphatic rings. The highest BCUT2D eigenvalue weighted by Gasteiger charge is 2.24. The lowest BCUT2D eigenvalue weighted by atomic mass is 9.49. The summed E-state index contributed by atoms with van der Waals surface area (Å²) < 4.78 is 7.56. The molecular weight excluding hydrogens is 427 g/mol. The van der Waals surface area contributed by atoms with Crippen LogP contribution in [0, 0.1) is 0 Å². The molecule has 170 valence electrons. The van der Waals surface area contributed by atoms with Gasteiger partial charge in [0.25, 0.3) is 5.91 Å². The number of oxazole rings is 1. The molecule has 1 saturated heterocycles. The first-order valence-electron chi connectivity index (χ1n) is 11.5. The number of carbonyl (C=O) groups is 1. The normalized spacial score (nSPS) is 15.6. The zero-order chi connectivity index (χ0) is 23.9. The fraction of sp³-hybridized carbons (Fsp3) is 0.318. The predicted octanol–water partition coefficient (Wildman–Crippen LogP) is 0.00990. The molecular formula is C22H26B3N7O2. The van der Waals surface area contributed by atoms with Crippen LogP contribution in [-0.2, 0) is 5.24 Å². The molecule has 12 heteroatoms. The number of rotatable bonds is 5. The highest BCUT2D eigenvalue weighted by atomic mass is 16.3. The van der Waals surface area contributed by atoms with Gasteiger partial charge in [-0.2, -0.15) is 5.10 Å². The van der Waals surface area contributed by atoms with Crippen molar-refractivity contribution in [3.05, 3.63) is 54.8 Å². The average Bonchev–Trinajstić information content (AvgIpc) is 3.49. The Morgan fingerprint density at radius 3 is 2.65 bits per heavy atom. The van der Waals surface area contributed by atoms with Gasteiger partial charge in [-0.25, -0.2) is 9.97 Å². The Kier molecular flexibility index (Phi) is 5.77. The summed E-state index contributed by atoms with van der Waals surface area (Å²) in [6.45, 7) is 2.01. The van der Waals surface area contributed by atoms with E-state index < -0.39 is 0 Å². The van der Waals surface area contributed by atoms with Crippen molar-refractivity contribution in [3.63, 3.8) is 0 Å². The zero-order valence-electron chi connectivity index (χ0n) is 19.9. The van der Waals surface area contributed by atoms with Gasteiger partial charge in [-0.1, -0.05) is 0 Å². The number of aromatic nitrogens is 5. The van der Waals surface area contributed by atoms with Crippen LogP contribution in [-0.4, -0.2) is 79.2 Å². The van der Waals surface area contributed by atoms with Gasteiger partial charge in [0.05, 0.1) is 17.9 Å². The van der Waals surface area contributed by atoms with E-state index in [1.54, 1.807) is 6.20 Å². The van der Waals surface area contributed by atoms with E-state index >= 15 is 0 Å². The van der Waals surface area contributed by atoms with Crippen molar-refractivity contribution in [2.24, 2.45) is 0 Å². The number of amides is 1. The molecule has 0 unspecified atom stereocenters. The third-order valence-corrected chi connectivity index (χ3v) is 6.23. The minimum absolute atomic E-state index is 0.0990. The van der Waals surface area contributed by atoms with Crippen molar-refractivity contribution in [1.82, 2.24) is 29.6 Å². The molecule has 0 atom stereocenters. The predicted molar refractivity (Wildman–Crippen MR) is 138 cm³/mol. The molecule has 1 aliphatic heterocycles. The van der Waals surface area contributed by atoms with Crippen molar-refractivity contribution >= 4 is 46.2 Å². The smallest absolute Gasteiger partial charge is 0.278 e. The van der Waals surface area contributed by atoms with Crippen molar-refractivity contribution < 1.29 is 9.21 Å². The molecule has 1 amide bonds. The first-order valence-corrected chi connectivity index (χ1v) is 11.5. The molecule has 9 nitrogen and oxygen atoms in total. The maximum atomic E-state index is 12.8. The number of anilines is 1. The van der Waals surface area contributed by atoms with E-state index in [1.807, 2.05) is 35.4 Å². The number of pyridine rings is 2. The summed E-state index contributed by atoms with van der Waals surface area (Å²) in [6.07, 6.45) is 10.7. The largest absolute Gasteiger partial charge is 0.448 e. The lowest BCUT2D eigenvalue weighted by molar-refractivity contribution is 0.102. The molecule has 34 heavy (non-hydrogen) atoms. The van der Waals surface area contributed by atoms with Crippen LogP contribution in [0.3, 0.4) is 0 Å². The van der Waals surface area contributed by atoms with Gasteiger partial charge >= 0.3 is 0 Å². The second-order valence-corrected chi connectivity index (χ2v) is 9.93. The number of carbonyl (C=O) groups excluding carboxylic acids is 1. The highest BCUT2D eigenvalue weighted by Crippen LogP contribution is 2.27. The molecule has 0 aliphatic carbocycles. The number of hydrogen-bond acceptors (Lipinski definition) is 7. The Bertz CT molecular complexity index is 1340. The Hall–Kier alpha value is -3.40. The third-order valence-electron chi connectivity index (χ3n) is 6.23. The molecule has 0 saturated carbocycles. The van der Waals surface area contributed by atoms with E-state index in [0.717, 1.165) is 48.0 Å². The zero-order valence-corrected chi connectivity index (χ0v) is 19.9. The van der Waals surface area contributed by atoms with Crippen molar-refractivity contribution in [2.45, 2.75) is 24.0 Å². The van der Waals surface area contributed by atoms with E-state index in [4.69, 9.17) is 4.42 Å². The van der Waals surface area contributed by atoms with Gasteiger partial charge in [0.1, 0.15) is 35.6 Å². The average molecular weight is 453 g/mol. The van der Waals surface area contributed by atoms with Gasteiger partial charge in [-0.05, 0) is 50.3 Å². The maximum Gasteiger partial charge on any atom is 0.278 e. The van der Waals surface area contributed by atoms with Crippen LogP contribution in [0.4, 0.5) is 5.82 Å². The van der Waals surface area contributed by atoms with E-state index in [1.165, 1.54) is 6.26 Å². The van der Waals surface area contributed by atoms with Gasteiger partial charge < -0.3 is 14.6 Å². The number of piperidine rings is 1. The lowest BCUT2D eigenvalue weighted by Gasteiger charge is -2.26. The third kappa shape index (κ3) is 4.63. The molecule has 5 heterocycles. The van der Waals surface area contributed by atoms with E-state index in [2.05, 4.69) is 60.9 Å². The number of nitrogens with one attached hydrogen (secondary N) is 1. The number of likely N-dealkylation sites (tertiary alicyclic amines) is 1. The van der Waals surface area contributed by atoms with Crippen LogP contribution in [0.15, 0.2) is 47.6 Å². The Morgan fingerprint density at radius 2 is 1.91 bits per heavy atom. The molecule has 1 N–H and O–H groups in total. The number of fused-ring (bicyclic) bond motifs is 1. The second-order valence-electron chi connectivity index (χ2n) is 9.93. The molecule has 0 aromatic carbocycles. The van der Waals surface area contributed by atoms with Gasteiger partial charge in [0.2, 0.25) is 0 Å². The molecule has 0 radical (unpaired) electrons. The van der Waals surface area contributed by atoms with Gasteiger partial charge in [0.15, 0.2) is 11.6 Å². The highest BCUT2D eigenvalue weighted by molar-refractivity contribution is 6.56. The van der Waals surface area contributed by atoms with Gasteiger partial charge in [-0.15, -0.1) is 0 Å². The minimum Gasteiger partial charge on any atom is -0.448 e. The second kappa shape index (κ2) is 8.75. The summed E-state index contributed by atoms with van der Waals surface area (Å²) in [7, 11) is 8.43.